The fourth-order valence-corrected chi connectivity index (χ4v) is 4.08. The van der Waals surface area contributed by atoms with Gasteiger partial charge in [0.15, 0.2) is 0 Å². The van der Waals surface area contributed by atoms with Crippen molar-refractivity contribution in [2.75, 3.05) is 28.6 Å². The van der Waals surface area contributed by atoms with Crippen molar-refractivity contribution in [3.05, 3.63) is 40.2 Å². The number of alkyl halides is 3. The maximum atomic E-state index is 12.9. The van der Waals surface area contributed by atoms with Crippen LogP contribution in [0, 0.1) is 5.92 Å². The SMILES string of the molecule is C[C@H]1CCCN(c2nc3c(c(=O)[nH]2)[C@@H](C(=O)Nc2ccc(OC(F)(F)F)cc2)CC(=O)N3)C1. The van der Waals surface area contributed by atoms with Crippen LogP contribution in [0.2, 0.25) is 0 Å². The molecular formula is C21H22F3N5O4. The van der Waals surface area contributed by atoms with Crippen molar-refractivity contribution in [2.45, 2.75) is 38.5 Å². The van der Waals surface area contributed by atoms with Gasteiger partial charge in [-0.2, -0.15) is 4.98 Å². The minimum absolute atomic E-state index is 0.0392. The zero-order valence-corrected chi connectivity index (χ0v) is 17.7. The first-order chi connectivity index (χ1) is 15.6. The zero-order valence-electron chi connectivity index (χ0n) is 17.7. The molecule has 2 aliphatic heterocycles. The van der Waals surface area contributed by atoms with Gasteiger partial charge in [0.05, 0.1) is 11.5 Å². The zero-order chi connectivity index (χ0) is 23.8. The van der Waals surface area contributed by atoms with Crippen LogP contribution in [0.4, 0.5) is 30.6 Å². The molecule has 0 radical (unpaired) electrons. The minimum atomic E-state index is -4.83. The molecule has 0 unspecified atom stereocenters. The average molecular weight is 465 g/mol. The number of anilines is 3. The van der Waals surface area contributed by atoms with Gasteiger partial charge in [-0.1, -0.05) is 6.92 Å². The number of aromatic nitrogens is 2. The van der Waals surface area contributed by atoms with E-state index in [0.717, 1.165) is 31.5 Å². The third kappa shape index (κ3) is 5.26. The molecule has 2 atom stereocenters. The first-order valence-corrected chi connectivity index (χ1v) is 10.4. The van der Waals surface area contributed by atoms with Crippen LogP contribution >= 0.6 is 0 Å². The lowest BCUT2D eigenvalue weighted by Gasteiger charge is -2.32. The van der Waals surface area contributed by atoms with E-state index in [-0.39, 0.29) is 23.5 Å². The summed E-state index contributed by atoms with van der Waals surface area (Å²) in [6, 6.07) is 4.55. The van der Waals surface area contributed by atoms with Crippen molar-refractivity contribution in [3.63, 3.8) is 0 Å². The minimum Gasteiger partial charge on any atom is -0.406 e. The summed E-state index contributed by atoms with van der Waals surface area (Å²) in [7, 11) is 0. The predicted molar refractivity (Wildman–Crippen MR) is 113 cm³/mol. The molecule has 12 heteroatoms. The Bertz CT molecular complexity index is 1120. The number of piperidine rings is 1. The van der Waals surface area contributed by atoms with Crippen LogP contribution in [0.15, 0.2) is 29.1 Å². The van der Waals surface area contributed by atoms with Crippen molar-refractivity contribution in [1.82, 2.24) is 9.97 Å². The molecule has 0 spiro atoms. The van der Waals surface area contributed by atoms with Crippen molar-refractivity contribution in [1.29, 1.82) is 0 Å². The highest BCUT2D eigenvalue weighted by Crippen LogP contribution is 2.31. The fourth-order valence-electron chi connectivity index (χ4n) is 4.08. The molecule has 1 aromatic heterocycles. The topological polar surface area (TPSA) is 116 Å². The van der Waals surface area contributed by atoms with E-state index >= 15 is 0 Å². The predicted octanol–water partition coefficient (Wildman–Crippen LogP) is 2.97. The number of aromatic amines is 1. The highest BCUT2D eigenvalue weighted by Gasteiger charge is 2.35. The van der Waals surface area contributed by atoms with E-state index in [4.69, 9.17) is 0 Å². The first-order valence-electron chi connectivity index (χ1n) is 10.4. The number of fused-ring (bicyclic) bond motifs is 1. The van der Waals surface area contributed by atoms with Crippen LogP contribution in [0.25, 0.3) is 0 Å². The normalized spacial score (nSPS) is 20.6. The van der Waals surface area contributed by atoms with Gasteiger partial charge in [0.25, 0.3) is 5.56 Å². The number of rotatable bonds is 4. The third-order valence-corrected chi connectivity index (χ3v) is 5.57. The summed E-state index contributed by atoms with van der Waals surface area (Å²) < 4.78 is 40.7. The summed E-state index contributed by atoms with van der Waals surface area (Å²) in [5, 5.41) is 5.10. The second-order valence-electron chi connectivity index (χ2n) is 8.21. The number of benzene rings is 1. The van der Waals surface area contributed by atoms with Gasteiger partial charge >= 0.3 is 6.36 Å². The van der Waals surface area contributed by atoms with Crippen LogP contribution in [0.1, 0.15) is 37.7 Å². The van der Waals surface area contributed by atoms with E-state index in [1.807, 2.05) is 4.90 Å². The Kier molecular flexibility index (Phi) is 6.00. The largest absolute Gasteiger partial charge is 0.573 e. The van der Waals surface area contributed by atoms with Crippen LogP contribution in [-0.2, 0) is 9.59 Å². The molecule has 9 nitrogen and oxygen atoms in total. The van der Waals surface area contributed by atoms with Crippen molar-refractivity contribution in [2.24, 2.45) is 5.92 Å². The molecule has 4 rings (SSSR count). The smallest absolute Gasteiger partial charge is 0.406 e. The molecule has 2 aliphatic rings. The van der Waals surface area contributed by atoms with Crippen molar-refractivity contribution < 1.29 is 27.5 Å². The lowest BCUT2D eigenvalue weighted by molar-refractivity contribution is -0.274. The number of carbonyl (C=O) groups is 2. The van der Waals surface area contributed by atoms with E-state index in [0.29, 0.717) is 18.4 Å². The maximum Gasteiger partial charge on any atom is 0.573 e. The highest BCUT2D eigenvalue weighted by atomic mass is 19.4. The van der Waals surface area contributed by atoms with Gasteiger partial charge in [0, 0.05) is 25.2 Å². The summed E-state index contributed by atoms with van der Waals surface area (Å²) in [6.45, 7) is 3.54. The van der Waals surface area contributed by atoms with Crippen LogP contribution in [-0.4, -0.2) is 41.2 Å². The Morgan fingerprint density at radius 3 is 2.64 bits per heavy atom. The molecular weight excluding hydrogens is 443 g/mol. The van der Waals surface area contributed by atoms with Crippen molar-refractivity contribution >= 4 is 29.3 Å². The number of nitrogens with zero attached hydrogens (tertiary/aromatic N) is 2. The molecule has 176 valence electrons. The van der Waals surface area contributed by atoms with Gasteiger partial charge < -0.3 is 20.3 Å². The molecule has 33 heavy (non-hydrogen) atoms. The van der Waals surface area contributed by atoms with E-state index < -0.39 is 35.4 Å². The lowest BCUT2D eigenvalue weighted by Crippen LogP contribution is -2.40. The Labute approximate surface area is 186 Å². The molecule has 3 heterocycles. The Morgan fingerprint density at radius 1 is 1.24 bits per heavy atom. The van der Waals surface area contributed by atoms with Crippen LogP contribution < -0.4 is 25.8 Å². The number of H-pyrrole nitrogens is 1. The van der Waals surface area contributed by atoms with E-state index in [1.165, 1.54) is 12.1 Å². The van der Waals surface area contributed by atoms with Gasteiger partial charge in [-0.15, -0.1) is 13.2 Å². The van der Waals surface area contributed by atoms with Gasteiger partial charge in [-0.25, -0.2) is 0 Å². The Hall–Kier alpha value is -3.57. The summed E-state index contributed by atoms with van der Waals surface area (Å²) in [5.74, 6) is -1.85. The number of amides is 2. The fraction of sp³-hybridized carbons (Fsp3) is 0.429. The number of ether oxygens (including phenoxy) is 1. The highest BCUT2D eigenvalue weighted by molar-refractivity contribution is 6.04. The third-order valence-electron chi connectivity index (χ3n) is 5.57. The summed E-state index contributed by atoms with van der Waals surface area (Å²) >= 11 is 0. The number of nitrogens with one attached hydrogen (secondary N) is 3. The van der Waals surface area contributed by atoms with E-state index in [9.17, 15) is 27.6 Å². The molecule has 0 aliphatic carbocycles. The molecule has 3 N–H and O–H groups in total. The first kappa shape index (κ1) is 22.6. The molecule has 0 bridgehead atoms. The molecule has 1 saturated heterocycles. The number of hydrogen-bond acceptors (Lipinski definition) is 6. The van der Waals surface area contributed by atoms with Gasteiger partial charge in [-0.05, 0) is 43.0 Å². The molecule has 2 amide bonds. The summed E-state index contributed by atoms with van der Waals surface area (Å²) in [4.78, 5) is 47.1. The van der Waals surface area contributed by atoms with Gasteiger partial charge in [0.2, 0.25) is 17.8 Å². The number of hydrogen-bond donors (Lipinski definition) is 3. The number of halogens is 3. The van der Waals surface area contributed by atoms with Crippen LogP contribution in [0.3, 0.4) is 0 Å². The molecule has 2 aromatic rings. The molecule has 0 saturated carbocycles. The lowest BCUT2D eigenvalue weighted by atomic mass is 9.92. The second-order valence-corrected chi connectivity index (χ2v) is 8.21. The second kappa shape index (κ2) is 8.75. The standard InChI is InChI=1S/C21H22F3N5O4/c1-11-3-2-8-29(10-11)20-27-17-16(19(32)28-20)14(9-15(30)26-17)18(31)25-12-4-6-13(7-5-12)33-21(22,23)24/h4-7,11,14H,2-3,8-10H2,1H3,(H,25,31)(H2,26,27,28,30,32)/t11-,14-/m0/s1. The molecule has 1 fully saturated rings. The van der Waals surface area contributed by atoms with E-state index in [1.54, 1.807) is 0 Å². The van der Waals surface area contributed by atoms with Crippen molar-refractivity contribution in [3.8, 4) is 5.75 Å². The monoisotopic (exact) mass is 465 g/mol. The average Bonchev–Trinajstić information content (AvgIpc) is 2.73. The number of carbonyl (C=O) groups excluding carboxylic acids is 2. The Morgan fingerprint density at radius 2 is 1.97 bits per heavy atom. The van der Waals surface area contributed by atoms with Gasteiger partial charge in [-0.3, -0.25) is 19.4 Å². The molecule has 1 aromatic carbocycles. The van der Waals surface area contributed by atoms with E-state index in [2.05, 4.69) is 32.3 Å². The summed E-state index contributed by atoms with van der Waals surface area (Å²) in [5.41, 5.74) is -0.300. The van der Waals surface area contributed by atoms with Crippen LogP contribution in [0.5, 0.6) is 5.75 Å². The summed E-state index contributed by atoms with van der Waals surface area (Å²) in [6.07, 6.45) is -3.07. The maximum absolute atomic E-state index is 12.9. The Balaban J connectivity index is 1.55. The van der Waals surface area contributed by atoms with Gasteiger partial charge in [0.1, 0.15) is 11.6 Å². The quantitative estimate of drug-likeness (QED) is 0.639.